The van der Waals surface area contributed by atoms with Crippen molar-refractivity contribution in [3.8, 4) is 0 Å². The van der Waals surface area contributed by atoms with E-state index in [4.69, 9.17) is 4.74 Å². The Labute approximate surface area is 151 Å². The summed E-state index contributed by atoms with van der Waals surface area (Å²) in [4.78, 5) is 12.2. The van der Waals surface area contributed by atoms with Gasteiger partial charge in [0.2, 0.25) is 10.0 Å². The van der Waals surface area contributed by atoms with E-state index in [9.17, 15) is 13.2 Å². The SMILES string of the molecule is CCCCOCCCNC(=O)c1ccc(S(=O)(=O)NC(C)CC)cc1. The number of carbonyl (C=O) groups excluding carboxylic acids is 1. The Morgan fingerprint density at radius 3 is 2.36 bits per heavy atom. The summed E-state index contributed by atoms with van der Waals surface area (Å²) in [6, 6.07) is 5.82. The molecule has 0 aliphatic heterocycles. The first-order chi connectivity index (χ1) is 11.9. The molecule has 1 atom stereocenters. The number of amides is 1. The molecule has 1 amide bonds. The average Bonchev–Trinajstić information content (AvgIpc) is 2.60. The highest BCUT2D eigenvalue weighted by atomic mass is 32.2. The second-order valence-electron chi connectivity index (χ2n) is 6.03. The molecule has 0 aliphatic rings. The first-order valence-corrected chi connectivity index (χ1v) is 10.4. The van der Waals surface area contributed by atoms with Crippen molar-refractivity contribution in [3.63, 3.8) is 0 Å². The van der Waals surface area contributed by atoms with Gasteiger partial charge in [-0.2, -0.15) is 0 Å². The van der Waals surface area contributed by atoms with E-state index in [1.807, 2.05) is 13.8 Å². The Morgan fingerprint density at radius 2 is 1.76 bits per heavy atom. The van der Waals surface area contributed by atoms with Crippen LogP contribution in [0.25, 0.3) is 0 Å². The predicted molar refractivity (Wildman–Crippen MR) is 99.2 cm³/mol. The smallest absolute Gasteiger partial charge is 0.251 e. The summed E-state index contributed by atoms with van der Waals surface area (Å²) in [5, 5.41) is 2.81. The van der Waals surface area contributed by atoms with Crippen LogP contribution in [0.1, 0.15) is 56.8 Å². The molecule has 1 rings (SSSR count). The zero-order chi connectivity index (χ0) is 18.7. The van der Waals surface area contributed by atoms with Crippen LogP contribution in [0.3, 0.4) is 0 Å². The lowest BCUT2D eigenvalue weighted by atomic mass is 10.2. The molecule has 25 heavy (non-hydrogen) atoms. The number of carbonyl (C=O) groups is 1. The number of ether oxygens (including phenoxy) is 1. The fourth-order valence-electron chi connectivity index (χ4n) is 2.03. The zero-order valence-electron chi connectivity index (χ0n) is 15.4. The van der Waals surface area contributed by atoms with Crippen LogP contribution in [0.5, 0.6) is 0 Å². The first-order valence-electron chi connectivity index (χ1n) is 8.89. The molecular formula is C18H30N2O4S. The van der Waals surface area contributed by atoms with Crippen LogP contribution in [-0.4, -0.2) is 40.1 Å². The minimum atomic E-state index is -3.54. The molecule has 0 saturated carbocycles. The highest BCUT2D eigenvalue weighted by Gasteiger charge is 2.17. The molecule has 1 aromatic carbocycles. The molecule has 0 radical (unpaired) electrons. The van der Waals surface area contributed by atoms with Crippen LogP contribution in [0, 0.1) is 0 Å². The van der Waals surface area contributed by atoms with Gasteiger partial charge in [-0.15, -0.1) is 0 Å². The van der Waals surface area contributed by atoms with Gasteiger partial charge in [-0.1, -0.05) is 20.3 Å². The monoisotopic (exact) mass is 370 g/mol. The van der Waals surface area contributed by atoms with Crippen molar-refractivity contribution in [2.45, 2.75) is 57.4 Å². The molecule has 1 unspecified atom stereocenters. The van der Waals surface area contributed by atoms with E-state index in [1.165, 1.54) is 24.3 Å². The zero-order valence-corrected chi connectivity index (χ0v) is 16.2. The number of sulfonamides is 1. The van der Waals surface area contributed by atoms with E-state index >= 15 is 0 Å². The third-order valence-corrected chi connectivity index (χ3v) is 5.39. The summed E-state index contributed by atoms with van der Waals surface area (Å²) in [7, 11) is -3.54. The molecule has 0 aliphatic carbocycles. The Balaban J connectivity index is 2.46. The van der Waals surface area contributed by atoms with Gasteiger partial charge < -0.3 is 10.1 Å². The van der Waals surface area contributed by atoms with Crippen LogP contribution in [0.15, 0.2) is 29.2 Å². The maximum atomic E-state index is 12.2. The second-order valence-corrected chi connectivity index (χ2v) is 7.74. The van der Waals surface area contributed by atoms with Gasteiger partial charge in [-0.25, -0.2) is 13.1 Å². The molecule has 7 heteroatoms. The van der Waals surface area contributed by atoms with E-state index < -0.39 is 10.0 Å². The summed E-state index contributed by atoms with van der Waals surface area (Å²) >= 11 is 0. The van der Waals surface area contributed by atoms with Crippen molar-refractivity contribution in [3.05, 3.63) is 29.8 Å². The standard InChI is InChI=1S/C18H30N2O4S/c1-4-6-13-24-14-7-12-19-18(21)16-8-10-17(11-9-16)25(22,23)20-15(3)5-2/h8-11,15,20H,4-7,12-14H2,1-3H3,(H,19,21). The van der Waals surface area contributed by atoms with Crippen molar-refractivity contribution in [2.75, 3.05) is 19.8 Å². The number of hydrogen-bond acceptors (Lipinski definition) is 4. The van der Waals surface area contributed by atoms with Gasteiger partial charge in [-0.3, -0.25) is 4.79 Å². The predicted octanol–water partition coefficient (Wildman–Crippen LogP) is 2.70. The van der Waals surface area contributed by atoms with Gasteiger partial charge in [0.05, 0.1) is 4.90 Å². The summed E-state index contributed by atoms with van der Waals surface area (Å²) in [5.74, 6) is -0.215. The minimum Gasteiger partial charge on any atom is -0.381 e. The molecule has 0 saturated heterocycles. The molecule has 142 valence electrons. The second kappa shape index (κ2) is 11.2. The lowest BCUT2D eigenvalue weighted by Gasteiger charge is -2.12. The third-order valence-electron chi connectivity index (χ3n) is 3.79. The number of nitrogens with one attached hydrogen (secondary N) is 2. The third kappa shape index (κ3) is 7.98. The van der Waals surface area contributed by atoms with E-state index in [1.54, 1.807) is 0 Å². The maximum Gasteiger partial charge on any atom is 0.251 e. The van der Waals surface area contributed by atoms with Crippen LogP contribution in [0.4, 0.5) is 0 Å². The van der Waals surface area contributed by atoms with E-state index in [-0.39, 0.29) is 16.8 Å². The number of rotatable bonds is 12. The number of benzene rings is 1. The fourth-order valence-corrected chi connectivity index (χ4v) is 3.36. The lowest BCUT2D eigenvalue weighted by Crippen LogP contribution is -2.32. The molecule has 0 aromatic heterocycles. The first kappa shape index (κ1) is 21.6. The van der Waals surface area contributed by atoms with E-state index in [0.717, 1.165) is 25.9 Å². The minimum absolute atomic E-state index is 0.132. The Bertz CT molecular complexity index is 614. The summed E-state index contributed by atoms with van der Waals surface area (Å²) < 4.78 is 32.4. The van der Waals surface area contributed by atoms with Crippen molar-refractivity contribution >= 4 is 15.9 Å². The molecule has 0 heterocycles. The van der Waals surface area contributed by atoms with Gasteiger partial charge in [0.25, 0.3) is 5.91 Å². The van der Waals surface area contributed by atoms with Gasteiger partial charge >= 0.3 is 0 Å². The summed E-state index contributed by atoms with van der Waals surface area (Å²) in [6.45, 7) is 7.74. The van der Waals surface area contributed by atoms with Crippen molar-refractivity contribution in [1.29, 1.82) is 0 Å². The Morgan fingerprint density at radius 1 is 1.12 bits per heavy atom. The Hall–Kier alpha value is -1.44. The van der Waals surface area contributed by atoms with Gasteiger partial charge in [0.1, 0.15) is 0 Å². The largest absolute Gasteiger partial charge is 0.381 e. The Kier molecular flexibility index (Phi) is 9.70. The van der Waals surface area contributed by atoms with Gasteiger partial charge in [-0.05, 0) is 50.5 Å². The van der Waals surface area contributed by atoms with Crippen molar-refractivity contribution in [2.24, 2.45) is 0 Å². The molecule has 0 spiro atoms. The van der Waals surface area contributed by atoms with E-state index in [0.29, 0.717) is 25.1 Å². The van der Waals surface area contributed by atoms with Crippen LogP contribution < -0.4 is 10.0 Å². The highest BCUT2D eigenvalue weighted by molar-refractivity contribution is 7.89. The van der Waals surface area contributed by atoms with Gasteiger partial charge in [0.15, 0.2) is 0 Å². The molecule has 1 aromatic rings. The quantitative estimate of drug-likeness (QED) is 0.554. The van der Waals surface area contributed by atoms with Crippen LogP contribution in [-0.2, 0) is 14.8 Å². The van der Waals surface area contributed by atoms with E-state index in [2.05, 4.69) is 17.0 Å². The molecule has 0 fully saturated rings. The fraction of sp³-hybridized carbons (Fsp3) is 0.611. The molecular weight excluding hydrogens is 340 g/mol. The number of hydrogen-bond donors (Lipinski definition) is 2. The lowest BCUT2D eigenvalue weighted by molar-refractivity contribution is 0.0940. The highest BCUT2D eigenvalue weighted by Crippen LogP contribution is 2.11. The molecule has 0 bridgehead atoms. The molecule has 6 nitrogen and oxygen atoms in total. The molecule has 2 N–H and O–H groups in total. The van der Waals surface area contributed by atoms with Gasteiger partial charge in [0, 0.05) is 31.4 Å². The maximum absolute atomic E-state index is 12.2. The van der Waals surface area contributed by atoms with Crippen LogP contribution in [0.2, 0.25) is 0 Å². The average molecular weight is 371 g/mol. The van der Waals surface area contributed by atoms with Crippen molar-refractivity contribution in [1.82, 2.24) is 10.0 Å². The topological polar surface area (TPSA) is 84.5 Å². The number of unbranched alkanes of at least 4 members (excludes halogenated alkanes) is 1. The van der Waals surface area contributed by atoms with Crippen LogP contribution >= 0.6 is 0 Å². The normalized spacial score (nSPS) is 12.8. The summed E-state index contributed by atoms with van der Waals surface area (Å²) in [6.07, 6.45) is 3.62. The summed E-state index contributed by atoms with van der Waals surface area (Å²) in [5.41, 5.74) is 0.439. The van der Waals surface area contributed by atoms with Crippen molar-refractivity contribution < 1.29 is 17.9 Å².